The van der Waals surface area contributed by atoms with Gasteiger partial charge in [0, 0.05) is 18.8 Å². The molecule has 1 aromatic carbocycles. The summed E-state index contributed by atoms with van der Waals surface area (Å²) >= 11 is 0. The molecule has 0 spiro atoms. The van der Waals surface area contributed by atoms with Crippen molar-refractivity contribution in [3.63, 3.8) is 0 Å². The summed E-state index contributed by atoms with van der Waals surface area (Å²) in [4.78, 5) is 11.5. The van der Waals surface area contributed by atoms with Crippen LogP contribution in [0.25, 0.3) is 0 Å². The number of ether oxygens (including phenoxy) is 1. The first-order valence-electron chi connectivity index (χ1n) is 7.90. The molecule has 0 aliphatic carbocycles. The van der Waals surface area contributed by atoms with Crippen molar-refractivity contribution in [2.75, 3.05) is 6.16 Å². The predicted octanol–water partition coefficient (Wildman–Crippen LogP) is 4.70. The zero-order valence-corrected chi connectivity index (χ0v) is 14.6. The highest BCUT2D eigenvalue weighted by Crippen LogP contribution is 2.30. The third kappa shape index (κ3) is 7.67. The van der Waals surface area contributed by atoms with Crippen molar-refractivity contribution in [1.29, 1.82) is 0 Å². The Morgan fingerprint density at radius 3 is 2.50 bits per heavy atom. The molecule has 0 aliphatic rings. The van der Waals surface area contributed by atoms with Crippen LogP contribution in [-0.2, 0) is 25.0 Å². The summed E-state index contributed by atoms with van der Waals surface area (Å²) in [5, 5.41) is 0. The molecular formula is C17H26O4P+. The molecule has 3 unspecified atom stereocenters. The van der Waals surface area contributed by atoms with Crippen molar-refractivity contribution in [2.24, 2.45) is 5.92 Å². The largest absolute Gasteiger partial charge is 0.512 e. The van der Waals surface area contributed by atoms with Gasteiger partial charge in [0.2, 0.25) is 0 Å². The lowest BCUT2D eigenvalue weighted by Crippen LogP contribution is -2.21. The van der Waals surface area contributed by atoms with Gasteiger partial charge in [-0.25, -0.2) is 0 Å². The molecule has 0 bridgehead atoms. The summed E-state index contributed by atoms with van der Waals surface area (Å²) in [6, 6.07) is 9.62. The second-order valence-corrected chi connectivity index (χ2v) is 6.72. The quantitative estimate of drug-likeness (QED) is 0.355. The van der Waals surface area contributed by atoms with Gasteiger partial charge in [-0.1, -0.05) is 57.5 Å². The Bertz CT molecular complexity index is 461. The normalized spacial score (nSPS) is 14.2. The van der Waals surface area contributed by atoms with E-state index in [1.54, 1.807) is 6.92 Å². The fourth-order valence-corrected chi connectivity index (χ4v) is 3.31. The van der Waals surface area contributed by atoms with E-state index in [1.165, 1.54) is 0 Å². The predicted molar refractivity (Wildman–Crippen MR) is 87.9 cm³/mol. The lowest BCUT2D eigenvalue weighted by atomic mass is 10.1. The van der Waals surface area contributed by atoms with Crippen LogP contribution >= 0.6 is 8.03 Å². The lowest BCUT2D eigenvalue weighted by molar-refractivity contribution is -0.162. The van der Waals surface area contributed by atoms with Crippen molar-refractivity contribution >= 4 is 14.0 Å². The Kier molecular flexibility index (Phi) is 8.95. The van der Waals surface area contributed by atoms with Gasteiger partial charge in [0.15, 0.2) is 6.16 Å². The molecule has 4 nitrogen and oxygen atoms in total. The lowest BCUT2D eigenvalue weighted by Gasteiger charge is -2.13. The highest BCUT2D eigenvalue weighted by atomic mass is 31.1. The van der Waals surface area contributed by atoms with Crippen molar-refractivity contribution < 1.29 is 18.6 Å². The average molecular weight is 325 g/mol. The van der Waals surface area contributed by atoms with Crippen molar-refractivity contribution in [1.82, 2.24) is 0 Å². The number of esters is 1. The number of benzene rings is 1. The summed E-state index contributed by atoms with van der Waals surface area (Å²) in [5.41, 5.74) is 0.987. The van der Waals surface area contributed by atoms with E-state index in [-0.39, 0.29) is 12.4 Å². The minimum Gasteiger partial charge on any atom is -0.431 e. The molecule has 0 heterocycles. The summed E-state index contributed by atoms with van der Waals surface area (Å²) in [6.45, 7) is 5.89. The minimum atomic E-state index is -1.83. The molecule has 0 saturated heterocycles. The molecule has 0 aromatic heterocycles. The highest BCUT2D eigenvalue weighted by molar-refractivity contribution is 7.39. The Hall–Kier alpha value is -1.25. The second-order valence-electron chi connectivity index (χ2n) is 5.48. The Balaban J connectivity index is 2.61. The Morgan fingerprint density at radius 1 is 1.23 bits per heavy atom. The van der Waals surface area contributed by atoms with E-state index in [1.807, 2.05) is 30.3 Å². The minimum absolute atomic E-state index is 0.275. The fraction of sp³-hybridized carbons (Fsp3) is 0.588. The van der Waals surface area contributed by atoms with E-state index in [0.717, 1.165) is 18.4 Å². The first kappa shape index (κ1) is 18.8. The van der Waals surface area contributed by atoms with Gasteiger partial charge >= 0.3 is 14.0 Å². The summed E-state index contributed by atoms with van der Waals surface area (Å²) in [6.07, 6.45) is 2.48. The molecule has 122 valence electrons. The number of carbonyl (C=O) groups is 1. The monoisotopic (exact) mass is 325 g/mol. The van der Waals surface area contributed by atoms with Crippen LogP contribution in [0.5, 0.6) is 0 Å². The molecule has 22 heavy (non-hydrogen) atoms. The maximum Gasteiger partial charge on any atom is 0.512 e. The van der Waals surface area contributed by atoms with Gasteiger partial charge in [-0.15, -0.1) is 4.52 Å². The number of carbonyl (C=O) groups excluding carboxylic acids is 1. The van der Waals surface area contributed by atoms with Gasteiger partial charge in [-0.05, 0) is 16.5 Å². The number of hydrogen-bond donors (Lipinski definition) is 0. The van der Waals surface area contributed by atoms with E-state index in [2.05, 4.69) is 13.8 Å². The van der Waals surface area contributed by atoms with Gasteiger partial charge < -0.3 is 4.74 Å². The smallest absolute Gasteiger partial charge is 0.431 e. The zero-order chi connectivity index (χ0) is 16.4. The molecule has 0 fully saturated rings. The Morgan fingerprint density at radius 2 is 1.91 bits per heavy atom. The maximum atomic E-state index is 12.1. The standard InChI is InChI=1S/C17H26O4P/c1-4-9-14(3)13-22(19)21-17(20-16(18)5-2)12-15-10-7-6-8-11-15/h6-8,10-11,14,17H,4-5,9,12-13H2,1-3H3/q+1. The van der Waals surface area contributed by atoms with Gasteiger partial charge in [0.05, 0.1) is 0 Å². The fourth-order valence-electron chi connectivity index (χ4n) is 2.15. The Labute approximate surface area is 134 Å². The van der Waals surface area contributed by atoms with Crippen LogP contribution in [0.4, 0.5) is 0 Å². The molecular weight excluding hydrogens is 299 g/mol. The highest BCUT2D eigenvalue weighted by Gasteiger charge is 2.29. The average Bonchev–Trinajstić information content (AvgIpc) is 2.48. The molecule has 3 atom stereocenters. The molecule has 0 radical (unpaired) electrons. The van der Waals surface area contributed by atoms with Crippen LogP contribution < -0.4 is 0 Å². The summed E-state index contributed by atoms with van der Waals surface area (Å²) in [5.74, 6) is -0.00111. The number of hydrogen-bond acceptors (Lipinski definition) is 4. The summed E-state index contributed by atoms with van der Waals surface area (Å²) < 4.78 is 22.9. The van der Waals surface area contributed by atoms with E-state index in [0.29, 0.717) is 18.5 Å². The van der Waals surface area contributed by atoms with Crippen molar-refractivity contribution in [3.8, 4) is 0 Å². The van der Waals surface area contributed by atoms with Crippen LogP contribution in [0, 0.1) is 5.92 Å². The van der Waals surface area contributed by atoms with E-state index in [4.69, 9.17) is 9.26 Å². The van der Waals surface area contributed by atoms with Gasteiger partial charge in [-0.3, -0.25) is 4.79 Å². The molecule has 0 saturated carbocycles. The number of rotatable bonds is 10. The van der Waals surface area contributed by atoms with Crippen LogP contribution in [0.1, 0.15) is 45.6 Å². The van der Waals surface area contributed by atoms with Gasteiger partial charge in [0.25, 0.3) is 6.29 Å². The van der Waals surface area contributed by atoms with Crippen LogP contribution in [0.15, 0.2) is 30.3 Å². The van der Waals surface area contributed by atoms with E-state index < -0.39 is 14.3 Å². The van der Waals surface area contributed by atoms with Crippen molar-refractivity contribution in [3.05, 3.63) is 35.9 Å². The third-order valence-electron chi connectivity index (χ3n) is 3.27. The van der Waals surface area contributed by atoms with Crippen LogP contribution in [0.3, 0.4) is 0 Å². The first-order valence-corrected chi connectivity index (χ1v) is 9.26. The van der Waals surface area contributed by atoms with Crippen molar-refractivity contribution in [2.45, 2.75) is 52.7 Å². The van der Waals surface area contributed by atoms with Crippen LogP contribution in [-0.4, -0.2) is 18.4 Å². The molecule has 0 amide bonds. The molecule has 1 aromatic rings. The molecule has 0 aliphatic heterocycles. The zero-order valence-electron chi connectivity index (χ0n) is 13.7. The molecule has 0 N–H and O–H groups in total. The SMILES string of the molecule is CCCC(C)C[P+](=O)OC(Cc1ccccc1)OC(=O)CC. The van der Waals surface area contributed by atoms with Gasteiger partial charge in [0.1, 0.15) is 0 Å². The molecule has 5 heteroatoms. The second kappa shape index (κ2) is 10.5. The maximum absolute atomic E-state index is 12.1. The van der Waals surface area contributed by atoms with Crippen LogP contribution in [0.2, 0.25) is 0 Å². The molecule has 1 rings (SSSR count). The topological polar surface area (TPSA) is 52.6 Å². The third-order valence-corrected chi connectivity index (χ3v) is 4.67. The van der Waals surface area contributed by atoms with Gasteiger partial charge in [-0.2, -0.15) is 0 Å². The van der Waals surface area contributed by atoms with E-state index in [9.17, 15) is 9.36 Å². The summed E-state index contributed by atoms with van der Waals surface area (Å²) in [7, 11) is -1.83. The first-order chi connectivity index (χ1) is 10.5. The van der Waals surface area contributed by atoms with E-state index >= 15 is 0 Å².